The van der Waals surface area contributed by atoms with E-state index in [2.05, 4.69) is 0 Å². The van der Waals surface area contributed by atoms with Crippen molar-refractivity contribution in [1.29, 1.82) is 0 Å². The van der Waals surface area contributed by atoms with Crippen LogP contribution in [0.5, 0.6) is 5.75 Å². The van der Waals surface area contributed by atoms with Crippen LogP contribution in [0.1, 0.15) is 25.7 Å². The molecule has 2 bridgehead atoms. The van der Waals surface area contributed by atoms with E-state index in [1.54, 1.807) is 4.31 Å². The highest BCUT2D eigenvalue weighted by Crippen LogP contribution is 2.29. The summed E-state index contributed by atoms with van der Waals surface area (Å²) in [7, 11) is -3.20. The fourth-order valence-electron chi connectivity index (χ4n) is 3.69. The summed E-state index contributed by atoms with van der Waals surface area (Å²) in [5.74, 6) is 1.17. The van der Waals surface area contributed by atoms with Crippen molar-refractivity contribution in [2.24, 2.45) is 5.92 Å². The summed E-state index contributed by atoms with van der Waals surface area (Å²) < 4.78 is 30.9. The number of piperidine rings is 1. The lowest BCUT2D eigenvalue weighted by Crippen LogP contribution is -2.47. The Labute approximate surface area is 149 Å². The number of nitrogens with zero attached hydrogens (tertiary/aromatic N) is 2. The maximum atomic E-state index is 12.6. The highest BCUT2D eigenvalue weighted by molar-refractivity contribution is 7.88. The molecule has 6 nitrogen and oxygen atoms in total. The number of ether oxygens (including phenoxy) is 1. The number of fused-ring (bicyclic) bond motifs is 4. The molecule has 0 N–H and O–H groups in total. The van der Waals surface area contributed by atoms with Crippen molar-refractivity contribution in [3.63, 3.8) is 0 Å². The number of hydrogen-bond acceptors (Lipinski definition) is 4. The van der Waals surface area contributed by atoms with Crippen LogP contribution in [0.2, 0.25) is 0 Å². The summed E-state index contributed by atoms with van der Waals surface area (Å²) >= 11 is 0. The van der Waals surface area contributed by atoms with E-state index in [4.69, 9.17) is 4.74 Å². The zero-order valence-electron chi connectivity index (χ0n) is 14.6. The number of para-hydroxylation sites is 1. The molecule has 3 fully saturated rings. The molecule has 3 aliphatic heterocycles. The Morgan fingerprint density at radius 3 is 2.64 bits per heavy atom. The Morgan fingerprint density at radius 2 is 1.92 bits per heavy atom. The molecular weight excluding hydrogens is 340 g/mol. The molecule has 3 heterocycles. The van der Waals surface area contributed by atoms with E-state index in [1.165, 1.54) is 6.26 Å². The van der Waals surface area contributed by atoms with Gasteiger partial charge in [0.1, 0.15) is 5.75 Å². The first-order chi connectivity index (χ1) is 11.9. The quantitative estimate of drug-likeness (QED) is 0.719. The number of amides is 1. The van der Waals surface area contributed by atoms with Crippen LogP contribution >= 0.6 is 0 Å². The average Bonchev–Trinajstić information content (AvgIpc) is 2.91. The molecule has 3 saturated heterocycles. The van der Waals surface area contributed by atoms with Crippen molar-refractivity contribution >= 4 is 15.9 Å². The number of carbonyl (C=O) groups is 1. The molecule has 2 atom stereocenters. The Hall–Kier alpha value is -1.60. The van der Waals surface area contributed by atoms with Crippen molar-refractivity contribution in [2.75, 3.05) is 32.5 Å². The molecule has 0 saturated carbocycles. The zero-order valence-corrected chi connectivity index (χ0v) is 15.5. The smallest absolute Gasteiger partial charge is 0.223 e. The molecule has 138 valence electrons. The van der Waals surface area contributed by atoms with Gasteiger partial charge in [0.25, 0.3) is 0 Å². The lowest BCUT2D eigenvalue weighted by Gasteiger charge is -2.36. The summed E-state index contributed by atoms with van der Waals surface area (Å²) in [5, 5.41) is 0. The first kappa shape index (κ1) is 18.2. The topological polar surface area (TPSA) is 66.9 Å². The van der Waals surface area contributed by atoms with Crippen molar-refractivity contribution in [1.82, 2.24) is 9.21 Å². The second-order valence-electron chi connectivity index (χ2n) is 6.99. The maximum absolute atomic E-state index is 12.6. The van der Waals surface area contributed by atoms with Gasteiger partial charge < -0.3 is 9.64 Å². The Bertz CT molecular complexity index is 692. The van der Waals surface area contributed by atoms with E-state index in [0.29, 0.717) is 39.1 Å². The minimum absolute atomic E-state index is 0.0102. The minimum Gasteiger partial charge on any atom is -0.494 e. The molecule has 1 aromatic rings. The van der Waals surface area contributed by atoms with Gasteiger partial charge in [-0.05, 0) is 37.3 Å². The van der Waals surface area contributed by atoms with Gasteiger partial charge >= 0.3 is 0 Å². The van der Waals surface area contributed by atoms with E-state index >= 15 is 0 Å². The predicted molar refractivity (Wildman–Crippen MR) is 95.8 cm³/mol. The molecule has 7 heteroatoms. The largest absolute Gasteiger partial charge is 0.494 e. The van der Waals surface area contributed by atoms with Crippen LogP contribution in [0.25, 0.3) is 0 Å². The average molecular weight is 366 g/mol. The van der Waals surface area contributed by atoms with Gasteiger partial charge in [-0.3, -0.25) is 4.79 Å². The molecule has 4 rings (SSSR count). The van der Waals surface area contributed by atoms with Crippen LogP contribution in [0.3, 0.4) is 0 Å². The molecule has 0 unspecified atom stereocenters. The van der Waals surface area contributed by atoms with Gasteiger partial charge in [0.2, 0.25) is 15.9 Å². The van der Waals surface area contributed by atoms with E-state index in [0.717, 1.165) is 18.6 Å². The maximum Gasteiger partial charge on any atom is 0.223 e. The Morgan fingerprint density at radius 1 is 1.16 bits per heavy atom. The first-order valence-corrected chi connectivity index (χ1v) is 10.7. The fraction of sp³-hybridized carbons (Fsp3) is 0.611. The zero-order chi connectivity index (χ0) is 17.9. The lowest BCUT2D eigenvalue weighted by atomic mass is 9.94. The highest BCUT2D eigenvalue weighted by atomic mass is 32.2. The van der Waals surface area contributed by atoms with Crippen molar-refractivity contribution in [2.45, 2.75) is 31.7 Å². The fourth-order valence-corrected chi connectivity index (χ4v) is 4.61. The van der Waals surface area contributed by atoms with Crippen LogP contribution in [-0.2, 0) is 14.8 Å². The van der Waals surface area contributed by atoms with Crippen LogP contribution in [-0.4, -0.2) is 62.1 Å². The van der Waals surface area contributed by atoms with Crippen LogP contribution in [0, 0.1) is 5.92 Å². The summed E-state index contributed by atoms with van der Waals surface area (Å²) in [5.41, 5.74) is 0. The van der Waals surface area contributed by atoms with Gasteiger partial charge in [0, 0.05) is 32.1 Å². The van der Waals surface area contributed by atoms with Gasteiger partial charge in [-0.2, -0.15) is 4.31 Å². The molecular formula is C18H26N2O4S. The Kier molecular flexibility index (Phi) is 5.64. The van der Waals surface area contributed by atoms with Gasteiger partial charge in [0.05, 0.1) is 12.9 Å². The summed E-state index contributed by atoms with van der Waals surface area (Å²) in [6.45, 7) is 2.15. The van der Waals surface area contributed by atoms with E-state index < -0.39 is 10.0 Å². The van der Waals surface area contributed by atoms with Crippen LogP contribution in [0.4, 0.5) is 0 Å². The second-order valence-corrected chi connectivity index (χ2v) is 8.97. The van der Waals surface area contributed by atoms with Gasteiger partial charge in [-0.1, -0.05) is 18.2 Å². The molecule has 0 spiro atoms. The molecule has 1 aromatic carbocycles. The molecule has 1 amide bonds. The standard InChI is InChI=1S/C18H26N2O4S/c1-25(22,23)19-12-15-9-10-16(14-19)20(13-15)18(21)8-5-11-24-17-6-3-2-4-7-17/h2-4,6-7,15-16H,5,8-14H2,1H3/t15-,16+/m1/s1. The summed E-state index contributed by atoms with van der Waals surface area (Å²) in [4.78, 5) is 14.5. The minimum atomic E-state index is -3.20. The van der Waals surface area contributed by atoms with Gasteiger partial charge in [-0.15, -0.1) is 0 Å². The number of hydrogen-bond donors (Lipinski definition) is 0. The third-order valence-electron chi connectivity index (χ3n) is 5.02. The van der Waals surface area contributed by atoms with Crippen molar-refractivity contribution < 1.29 is 17.9 Å². The number of benzene rings is 1. The molecule has 0 radical (unpaired) electrons. The monoisotopic (exact) mass is 366 g/mol. The van der Waals surface area contributed by atoms with Gasteiger partial charge in [0.15, 0.2) is 0 Å². The SMILES string of the molecule is CS(=O)(=O)N1C[C@H]2CC[C@@H](C1)N(C(=O)CCCOc1ccccc1)C2. The predicted octanol–water partition coefficient (Wildman–Crippen LogP) is 1.73. The third-order valence-corrected chi connectivity index (χ3v) is 6.25. The molecule has 0 aromatic heterocycles. The highest BCUT2D eigenvalue weighted by Gasteiger charge is 2.39. The van der Waals surface area contributed by atoms with Crippen molar-refractivity contribution in [3.8, 4) is 5.75 Å². The summed E-state index contributed by atoms with van der Waals surface area (Å²) in [6, 6.07) is 9.58. The molecule has 25 heavy (non-hydrogen) atoms. The lowest BCUT2D eigenvalue weighted by molar-refractivity contribution is -0.135. The normalized spacial score (nSPS) is 24.1. The number of sulfonamides is 1. The number of carbonyl (C=O) groups excluding carboxylic acids is 1. The Balaban J connectivity index is 1.51. The summed E-state index contributed by atoms with van der Waals surface area (Å²) in [6.07, 6.45) is 4.25. The van der Waals surface area contributed by atoms with Crippen LogP contribution < -0.4 is 4.74 Å². The van der Waals surface area contributed by atoms with E-state index in [-0.39, 0.29) is 17.9 Å². The number of rotatable bonds is 6. The second kappa shape index (κ2) is 7.74. The van der Waals surface area contributed by atoms with E-state index in [9.17, 15) is 13.2 Å². The van der Waals surface area contributed by atoms with Crippen molar-refractivity contribution in [3.05, 3.63) is 30.3 Å². The molecule has 0 aliphatic carbocycles. The molecule has 3 aliphatic rings. The van der Waals surface area contributed by atoms with Gasteiger partial charge in [-0.25, -0.2) is 8.42 Å². The van der Waals surface area contributed by atoms with Crippen LogP contribution in [0.15, 0.2) is 30.3 Å². The van der Waals surface area contributed by atoms with E-state index in [1.807, 2.05) is 35.2 Å². The first-order valence-electron chi connectivity index (χ1n) is 8.86. The third kappa shape index (κ3) is 4.73.